The third-order valence-electron chi connectivity index (χ3n) is 3.36. The van der Waals surface area contributed by atoms with Crippen LogP contribution in [0.15, 0.2) is 18.2 Å². The fourth-order valence-electron chi connectivity index (χ4n) is 2.46. The summed E-state index contributed by atoms with van der Waals surface area (Å²) in [6.07, 6.45) is 3.95. The van der Waals surface area contributed by atoms with Gasteiger partial charge in [0.15, 0.2) is 5.82 Å². The first-order chi connectivity index (χ1) is 9.13. The van der Waals surface area contributed by atoms with E-state index in [0.29, 0.717) is 17.2 Å². The Hall–Kier alpha value is -2.17. The highest BCUT2D eigenvalue weighted by atomic mass is 19.1. The molecule has 0 aliphatic heterocycles. The largest absolute Gasteiger partial charge is 0.508 e. The third kappa shape index (κ3) is 2.23. The standard InChI is InChI=1S/C14H14FN3O/c15-9-5-8(6-10(19)7-9)14-17-12-4-2-1-3-11(12)13(16)18-14/h5-7,19H,1-4H2,(H2,16,17,18). The Morgan fingerprint density at radius 2 is 1.89 bits per heavy atom. The van der Waals surface area contributed by atoms with Gasteiger partial charge in [0.1, 0.15) is 17.4 Å². The van der Waals surface area contributed by atoms with Crippen LogP contribution in [-0.4, -0.2) is 15.1 Å². The molecule has 0 amide bonds. The number of nitrogens with two attached hydrogens (primary N) is 1. The zero-order chi connectivity index (χ0) is 13.4. The van der Waals surface area contributed by atoms with E-state index in [-0.39, 0.29) is 5.75 Å². The van der Waals surface area contributed by atoms with E-state index in [1.165, 1.54) is 12.1 Å². The highest BCUT2D eigenvalue weighted by Crippen LogP contribution is 2.28. The van der Waals surface area contributed by atoms with E-state index in [1.807, 2.05) is 0 Å². The van der Waals surface area contributed by atoms with Gasteiger partial charge in [-0.2, -0.15) is 0 Å². The van der Waals surface area contributed by atoms with E-state index in [1.54, 1.807) is 0 Å². The molecule has 0 saturated carbocycles. The van der Waals surface area contributed by atoms with Gasteiger partial charge in [-0.05, 0) is 37.8 Å². The minimum Gasteiger partial charge on any atom is -0.508 e. The van der Waals surface area contributed by atoms with Crippen molar-refractivity contribution in [2.75, 3.05) is 5.73 Å². The number of hydrogen-bond acceptors (Lipinski definition) is 4. The van der Waals surface area contributed by atoms with Crippen molar-refractivity contribution in [3.05, 3.63) is 35.3 Å². The second-order valence-corrected chi connectivity index (χ2v) is 4.76. The smallest absolute Gasteiger partial charge is 0.162 e. The number of aryl methyl sites for hydroxylation is 1. The zero-order valence-corrected chi connectivity index (χ0v) is 10.4. The fraction of sp³-hybridized carbons (Fsp3) is 0.286. The molecule has 1 aromatic heterocycles. The number of aromatic hydroxyl groups is 1. The highest BCUT2D eigenvalue weighted by Gasteiger charge is 2.17. The molecule has 1 aliphatic carbocycles. The molecule has 1 heterocycles. The number of nitrogens with zero attached hydrogens (tertiary/aromatic N) is 2. The summed E-state index contributed by atoms with van der Waals surface area (Å²) in [6.45, 7) is 0. The van der Waals surface area contributed by atoms with Crippen molar-refractivity contribution >= 4 is 5.82 Å². The summed E-state index contributed by atoms with van der Waals surface area (Å²) in [4.78, 5) is 8.69. The summed E-state index contributed by atoms with van der Waals surface area (Å²) in [5.74, 6) is 0.168. The number of phenols is 1. The van der Waals surface area contributed by atoms with Gasteiger partial charge >= 0.3 is 0 Å². The molecule has 0 unspecified atom stereocenters. The Kier molecular flexibility index (Phi) is 2.81. The molecular formula is C14H14FN3O. The lowest BCUT2D eigenvalue weighted by molar-refractivity contribution is 0.469. The number of anilines is 1. The van der Waals surface area contributed by atoms with Gasteiger partial charge in [-0.3, -0.25) is 0 Å². The van der Waals surface area contributed by atoms with Gasteiger partial charge in [0.2, 0.25) is 0 Å². The lowest BCUT2D eigenvalue weighted by Gasteiger charge is -2.17. The van der Waals surface area contributed by atoms with Crippen molar-refractivity contribution in [1.29, 1.82) is 0 Å². The Morgan fingerprint density at radius 1 is 1.11 bits per heavy atom. The fourth-order valence-corrected chi connectivity index (χ4v) is 2.46. The van der Waals surface area contributed by atoms with Crippen LogP contribution in [0.2, 0.25) is 0 Å². The number of halogens is 1. The maximum Gasteiger partial charge on any atom is 0.162 e. The van der Waals surface area contributed by atoms with Crippen molar-refractivity contribution in [3.63, 3.8) is 0 Å². The van der Waals surface area contributed by atoms with Gasteiger partial charge in [-0.1, -0.05) is 0 Å². The summed E-state index contributed by atoms with van der Waals surface area (Å²) in [5.41, 5.74) is 8.34. The van der Waals surface area contributed by atoms with Crippen LogP contribution in [0.1, 0.15) is 24.1 Å². The second kappa shape index (κ2) is 4.50. The summed E-state index contributed by atoms with van der Waals surface area (Å²) in [5, 5.41) is 9.44. The third-order valence-corrected chi connectivity index (χ3v) is 3.36. The van der Waals surface area contributed by atoms with Crippen LogP contribution >= 0.6 is 0 Å². The Balaban J connectivity index is 2.12. The SMILES string of the molecule is Nc1nc(-c2cc(O)cc(F)c2)nc2c1CCCC2. The molecule has 0 atom stereocenters. The Labute approximate surface area is 110 Å². The minimum atomic E-state index is -0.519. The summed E-state index contributed by atoms with van der Waals surface area (Å²) < 4.78 is 13.3. The first-order valence-corrected chi connectivity index (χ1v) is 6.28. The molecule has 2 aromatic rings. The molecule has 1 aliphatic rings. The molecule has 98 valence electrons. The molecule has 0 radical (unpaired) electrons. The van der Waals surface area contributed by atoms with Gasteiger partial charge in [0, 0.05) is 22.9 Å². The average molecular weight is 259 g/mol. The van der Waals surface area contributed by atoms with Gasteiger partial charge < -0.3 is 10.8 Å². The molecule has 0 spiro atoms. The molecule has 5 heteroatoms. The predicted molar refractivity (Wildman–Crippen MR) is 70.1 cm³/mol. The van der Waals surface area contributed by atoms with Crippen molar-refractivity contribution in [3.8, 4) is 17.1 Å². The summed E-state index contributed by atoms with van der Waals surface area (Å²) in [7, 11) is 0. The van der Waals surface area contributed by atoms with E-state index in [0.717, 1.165) is 43.0 Å². The van der Waals surface area contributed by atoms with E-state index >= 15 is 0 Å². The lowest BCUT2D eigenvalue weighted by Crippen LogP contribution is -2.11. The topological polar surface area (TPSA) is 72.0 Å². The average Bonchev–Trinajstić information content (AvgIpc) is 2.37. The number of rotatable bonds is 1. The van der Waals surface area contributed by atoms with Crippen LogP contribution < -0.4 is 5.73 Å². The van der Waals surface area contributed by atoms with Gasteiger partial charge in [0.25, 0.3) is 0 Å². The number of fused-ring (bicyclic) bond motifs is 1. The number of benzene rings is 1. The lowest BCUT2D eigenvalue weighted by atomic mass is 9.96. The zero-order valence-electron chi connectivity index (χ0n) is 10.4. The van der Waals surface area contributed by atoms with Crippen molar-refractivity contribution in [2.24, 2.45) is 0 Å². The highest BCUT2D eigenvalue weighted by molar-refractivity contribution is 5.61. The molecule has 3 N–H and O–H groups in total. The normalized spacial score (nSPS) is 14.2. The van der Waals surface area contributed by atoms with Crippen LogP contribution in [0.5, 0.6) is 5.75 Å². The maximum absolute atomic E-state index is 13.3. The minimum absolute atomic E-state index is 0.144. The first-order valence-electron chi connectivity index (χ1n) is 6.28. The number of hydrogen-bond donors (Lipinski definition) is 2. The van der Waals surface area contributed by atoms with E-state index in [4.69, 9.17) is 5.73 Å². The Morgan fingerprint density at radius 3 is 2.68 bits per heavy atom. The monoisotopic (exact) mass is 259 g/mol. The number of phenolic OH excluding ortho intramolecular Hbond substituents is 1. The molecular weight excluding hydrogens is 245 g/mol. The predicted octanol–water partition coefficient (Wildman–Crippen LogP) is 2.45. The molecule has 0 fully saturated rings. The summed E-state index contributed by atoms with van der Waals surface area (Å²) >= 11 is 0. The molecule has 0 saturated heterocycles. The van der Waals surface area contributed by atoms with E-state index in [9.17, 15) is 9.50 Å². The van der Waals surface area contributed by atoms with Gasteiger partial charge in [-0.15, -0.1) is 0 Å². The van der Waals surface area contributed by atoms with Crippen molar-refractivity contribution in [2.45, 2.75) is 25.7 Å². The molecule has 1 aromatic carbocycles. The quantitative estimate of drug-likeness (QED) is 0.825. The first kappa shape index (κ1) is 11.9. The number of nitrogen functional groups attached to an aromatic ring is 1. The van der Waals surface area contributed by atoms with Crippen LogP contribution in [0.25, 0.3) is 11.4 Å². The summed E-state index contributed by atoms with van der Waals surface area (Å²) in [6, 6.07) is 3.78. The van der Waals surface area contributed by atoms with E-state index in [2.05, 4.69) is 9.97 Å². The van der Waals surface area contributed by atoms with Crippen LogP contribution in [0.3, 0.4) is 0 Å². The Bertz CT molecular complexity index is 623. The van der Waals surface area contributed by atoms with Crippen LogP contribution in [0, 0.1) is 5.82 Å². The van der Waals surface area contributed by atoms with Crippen LogP contribution in [-0.2, 0) is 12.8 Å². The van der Waals surface area contributed by atoms with Crippen molar-refractivity contribution in [1.82, 2.24) is 9.97 Å². The second-order valence-electron chi connectivity index (χ2n) is 4.76. The molecule has 3 rings (SSSR count). The van der Waals surface area contributed by atoms with Gasteiger partial charge in [0.05, 0.1) is 0 Å². The maximum atomic E-state index is 13.3. The van der Waals surface area contributed by atoms with Crippen LogP contribution in [0.4, 0.5) is 10.2 Å². The molecule has 19 heavy (non-hydrogen) atoms. The molecule has 4 nitrogen and oxygen atoms in total. The van der Waals surface area contributed by atoms with Crippen molar-refractivity contribution < 1.29 is 9.50 Å². The van der Waals surface area contributed by atoms with Gasteiger partial charge in [-0.25, -0.2) is 14.4 Å². The molecule has 0 bridgehead atoms. The van der Waals surface area contributed by atoms with E-state index < -0.39 is 5.82 Å². The number of aromatic nitrogens is 2.